The minimum atomic E-state index is -0.426. The van der Waals surface area contributed by atoms with Crippen LogP contribution in [0.1, 0.15) is 25.3 Å². The van der Waals surface area contributed by atoms with E-state index in [0.29, 0.717) is 13.2 Å². The van der Waals surface area contributed by atoms with Gasteiger partial charge in [-0.15, -0.1) is 0 Å². The zero-order valence-corrected chi connectivity index (χ0v) is 9.53. The molecule has 1 aromatic rings. The van der Waals surface area contributed by atoms with Crippen molar-refractivity contribution in [3.05, 3.63) is 35.9 Å². The molecule has 4 nitrogen and oxygen atoms in total. The number of carbonyl (C=O) groups is 1. The van der Waals surface area contributed by atoms with Gasteiger partial charge >= 0.3 is 6.09 Å². The molecule has 0 aliphatic rings. The molecule has 0 fully saturated rings. The van der Waals surface area contributed by atoms with E-state index in [1.54, 1.807) is 0 Å². The summed E-state index contributed by atoms with van der Waals surface area (Å²) in [5.74, 6) is 0. The van der Waals surface area contributed by atoms with Crippen LogP contribution < -0.4 is 10.9 Å². The smallest absolute Gasteiger partial charge is 0.421 e. The summed E-state index contributed by atoms with van der Waals surface area (Å²) in [5, 5.41) is 0. The monoisotopic (exact) mass is 222 g/mol. The number of ether oxygens (including phenoxy) is 1. The molecule has 0 saturated heterocycles. The Morgan fingerprint density at radius 3 is 2.75 bits per heavy atom. The third-order valence-electron chi connectivity index (χ3n) is 2.06. The first kappa shape index (κ1) is 12.5. The Morgan fingerprint density at radius 1 is 1.31 bits per heavy atom. The van der Waals surface area contributed by atoms with Crippen LogP contribution in [0.2, 0.25) is 0 Å². The van der Waals surface area contributed by atoms with E-state index in [4.69, 9.17) is 4.74 Å². The number of hydrogen-bond acceptors (Lipinski definition) is 3. The highest BCUT2D eigenvalue weighted by Crippen LogP contribution is 1.96. The topological polar surface area (TPSA) is 50.4 Å². The molecule has 88 valence electrons. The van der Waals surface area contributed by atoms with Gasteiger partial charge in [-0.3, -0.25) is 5.43 Å². The number of hydrazine groups is 1. The van der Waals surface area contributed by atoms with Crippen LogP contribution in [0.3, 0.4) is 0 Å². The van der Waals surface area contributed by atoms with Crippen LogP contribution in [0, 0.1) is 0 Å². The molecule has 0 bridgehead atoms. The molecule has 1 aromatic carbocycles. The molecular weight excluding hydrogens is 204 g/mol. The van der Waals surface area contributed by atoms with Gasteiger partial charge < -0.3 is 4.74 Å². The Kier molecular flexibility index (Phi) is 6.03. The molecular formula is C12H18N2O2. The fourth-order valence-corrected chi connectivity index (χ4v) is 1.16. The number of rotatable bonds is 6. The average molecular weight is 222 g/mol. The van der Waals surface area contributed by atoms with Gasteiger partial charge in [-0.1, -0.05) is 43.7 Å². The molecule has 4 heteroatoms. The van der Waals surface area contributed by atoms with Crippen LogP contribution in [-0.2, 0) is 11.3 Å². The maximum atomic E-state index is 11.1. The molecule has 1 rings (SSSR count). The van der Waals surface area contributed by atoms with Crippen molar-refractivity contribution < 1.29 is 9.53 Å². The predicted molar refractivity (Wildman–Crippen MR) is 62.7 cm³/mol. The number of nitrogens with one attached hydrogen (secondary N) is 2. The van der Waals surface area contributed by atoms with Gasteiger partial charge in [-0.05, 0) is 12.0 Å². The Balaban J connectivity index is 2.09. The third-order valence-corrected chi connectivity index (χ3v) is 2.06. The Hall–Kier alpha value is -1.55. The van der Waals surface area contributed by atoms with Crippen molar-refractivity contribution in [2.24, 2.45) is 0 Å². The van der Waals surface area contributed by atoms with Gasteiger partial charge in [-0.2, -0.15) is 0 Å². The summed E-state index contributed by atoms with van der Waals surface area (Å²) in [6.45, 7) is 3.11. The highest BCUT2D eigenvalue weighted by molar-refractivity contribution is 5.66. The second-order valence-electron chi connectivity index (χ2n) is 3.45. The van der Waals surface area contributed by atoms with Crippen LogP contribution in [0.4, 0.5) is 4.79 Å². The van der Waals surface area contributed by atoms with E-state index in [2.05, 4.69) is 17.8 Å². The molecule has 0 saturated carbocycles. The largest absolute Gasteiger partial charge is 0.449 e. The fraction of sp³-hybridized carbons (Fsp3) is 0.417. The summed E-state index contributed by atoms with van der Waals surface area (Å²) in [6.07, 6.45) is 1.49. The minimum Gasteiger partial charge on any atom is -0.449 e. The summed E-state index contributed by atoms with van der Waals surface area (Å²) in [6, 6.07) is 9.83. The van der Waals surface area contributed by atoms with Crippen LogP contribution in [0.25, 0.3) is 0 Å². The van der Waals surface area contributed by atoms with Crippen LogP contribution in [0.15, 0.2) is 30.3 Å². The summed E-state index contributed by atoms with van der Waals surface area (Å²) in [5.41, 5.74) is 6.39. The molecule has 16 heavy (non-hydrogen) atoms. The fourth-order valence-electron chi connectivity index (χ4n) is 1.16. The van der Waals surface area contributed by atoms with Gasteiger partial charge in [0.1, 0.15) is 0 Å². The first-order valence-electron chi connectivity index (χ1n) is 5.52. The van der Waals surface area contributed by atoms with Crippen molar-refractivity contribution in [3.63, 3.8) is 0 Å². The molecule has 2 N–H and O–H groups in total. The summed E-state index contributed by atoms with van der Waals surface area (Å²) >= 11 is 0. The van der Waals surface area contributed by atoms with Crippen molar-refractivity contribution in [3.8, 4) is 0 Å². The van der Waals surface area contributed by atoms with Crippen LogP contribution in [0.5, 0.6) is 0 Å². The molecule has 0 aromatic heterocycles. The molecule has 0 aliphatic heterocycles. The van der Waals surface area contributed by atoms with Crippen molar-refractivity contribution in [2.45, 2.75) is 26.3 Å². The maximum absolute atomic E-state index is 11.1. The molecule has 0 spiro atoms. The number of unbranched alkanes of at least 4 members (excludes halogenated alkanes) is 1. The van der Waals surface area contributed by atoms with E-state index in [-0.39, 0.29) is 0 Å². The highest BCUT2D eigenvalue weighted by Gasteiger charge is 1.99. The molecule has 0 heterocycles. The molecule has 0 unspecified atom stereocenters. The number of carbonyl (C=O) groups excluding carboxylic acids is 1. The predicted octanol–water partition coefficient (Wildman–Crippen LogP) is 2.22. The maximum Gasteiger partial charge on any atom is 0.421 e. The minimum absolute atomic E-state index is 0.426. The van der Waals surface area contributed by atoms with Gasteiger partial charge in [0.15, 0.2) is 0 Å². The van der Waals surface area contributed by atoms with Crippen molar-refractivity contribution in [1.29, 1.82) is 0 Å². The third kappa shape index (κ3) is 5.36. The summed E-state index contributed by atoms with van der Waals surface area (Å²) < 4.78 is 4.91. The van der Waals surface area contributed by atoms with E-state index in [0.717, 1.165) is 18.4 Å². The second kappa shape index (κ2) is 7.70. The van der Waals surface area contributed by atoms with E-state index >= 15 is 0 Å². The number of hydrogen-bond donors (Lipinski definition) is 2. The van der Waals surface area contributed by atoms with Crippen molar-refractivity contribution >= 4 is 6.09 Å². The van der Waals surface area contributed by atoms with Crippen LogP contribution >= 0.6 is 0 Å². The van der Waals surface area contributed by atoms with E-state index in [1.165, 1.54) is 0 Å². The van der Waals surface area contributed by atoms with Crippen LogP contribution in [-0.4, -0.2) is 12.7 Å². The van der Waals surface area contributed by atoms with Gasteiger partial charge in [-0.25, -0.2) is 10.2 Å². The lowest BCUT2D eigenvalue weighted by Gasteiger charge is -2.07. The lowest BCUT2D eigenvalue weighted by molar-refractivity contribution is 0.139. The standard InChI is InChI=1S/C12H18N2O2/c1-2-3-9-16-12(15)14-13-10-11-7-5-4-6-8-11/h4-8,13H,2-3,9-10H2,1H3,(H,14,15). The summed E-state index contributed by atoms with van der Waals surface area (Å²) in [4.78, 5) is 11.1. The quantitative estimate of drug-likeness (QED) is 0.573. The summed E-state index contributed by atoms with van der Waals surface area (Å²) in [7, 11) is 0. The van der Waals surface area contributed by atoms with Gasteiger partial charge in [0.25, 0.3) is 0 Å². The zero-order valence-electron chi connectivity index (χ0n) is 9.53. The van der Waals surface area contributed by atoms with Crippen molar-refractivity contribution in [2.75, 3.05) is 6.61 Å². The molecule has 1 amide bonds. The van der Waals surface area contributed by atoms with Gasteiger partial charge in [0.2, 0.25) is 0 Å². The Labute approximate surface area is 96.0 Å². The lowest BCUT2D eigenvalue weighted by atomic mass is 10.2. The molecule has 0 atom stereocenters. The first-order chi connectivity index (χ1) is 7.83. The zero-order chi connectivity index (χ0) is 11.6. The van der Waals surface area contributed by atoms with Gasteiger partial charge in [0.05, 0.1) is 6.61 Å². The van der Waals surface area contributed by atoms with E-state index < -0.39 is 6.09 Å². The SMILES string of the molecule is CCCCOC(=O)NNCc1ccccc1. The van der Waals surface area contributed by atoms with E-state index in [1.807, 2.05) is 30.3 Å². The molecule has 0 radical (unpaired) electrons. The number of benzene rings is 1. The lowest BCUT2D eigenvalue weighted by Crippen LogP contribution is -2.37. The normalized spacial score (nSPS) is 9.81. The van der Waals surface area contributed by atoms with E-state index in [9.17, 15) is 4.79 Å². The van der Waals surface area contributed by atoms with Gasteiger partial charge in [0, 0.05) is 6.54 Å². The van der Waals surface area contributed by atoms with Crippen molar-refractivity contribution in [1.82, 2.24) is 10.9 Å². The first-order valence-corrected chi connectivity index (χ1v) is 5.52. The second-order valence-corrected chi connectivity index (χ2v) is 3.45. The highest BCUT2D eigenvalue weighted by atomic mass is 16.6. The Morgan fingerprint density at radius 2 is 2.06 bits per heavy atom. The number of amides is 1. The molecule has 0 aliphatic carbocycles. The Bertz CT molecular complexity index is 301. The average Bonchev–Trinajstić information content (AvgIpc) is 2.31.